The number of carboxylic acid groups (broad SMARTS) is 1. The van der Waals surface area contributed by atoms with Crippen molar-refractivity contribution in [3.63, 3.8) is 0 Å². The number of rotatable bonds is 12. The highest BCUT2D eigenvalue weighted by molar-refractivity contribution is 5.94. The summed E-state index contributed by atoms with van der Waals surface area (Å²) < 4.78 is 0. The Morgan fingerprint density at radius 3 is 2.16 bits per heavy atom. The monoisotopic (exact) mass is 523 g/mol. The quantitative estimate of drug-likeness (QED) is 0.183. The lowest BCUT2D eigenvalue weighted by Crippen LogP contribution is -2.57. The van der Waals surface area contributed by atoms with Crippen molar-refractivity contribution in [2.75, 3.05) is 6.54 Å². The Kier molecular flexibility index (Phi) is 9.44. The highest BCUT2D eigenvalue weighted by atomic mass is 16.4. The van der Waals surface area contributed by atoms with E-state index in [9.17, 15) is 29.4 Å². The van der Waals surface area contributed by atoms with E-state index in [1.165, 1.54) is 12.1 Å². The minimum Gasteiger partial charge on any atom is -0.508 e. The minimum absolute atomic E-state index is 0.0208. The molecule has 3 rings (SSSR count). The summed E-state index contributed by atoms with van der Waals surface area (Å²) in [5.41, 5.74) is 7.74. The number of phenols is 1. The summed E-state index contributed by atoms with van der Waals surface area (Å²) in [7, 11) is 0. The summed E-state index contributed by atoms with van der Waals surface area (Å²) >= 11 is 0. The number of aromatic hydroxyl groups is 1. The van der Waals surface area contributed by atoms with Crippen molar-refractivity contribution in [1.29, 1.82) is 0 Å². The van der Waals surface area contributed by atoms with Crippen LogP contribution in [0.2, 0.25) is 0 Å². The molecular weight excluding hydrogens is 490 g/mol. The molecule has 0 saturated carbocycles. The number of carbonyl (C=O) groups excluding carboxylic acids is 3. The van der Waals surface area contributed by atoms with Gasteiger partial charge in [0.1, 0.15) is 23.9 Å². The van der Waals surface area contributed by atoms with Crippen LogP contribution < -0.4 is 21.7 Å². The number of fused-ring (bicyclic) bond motifs is 1. The van der Waals surface area contributed by atoms with E-state index < -0.39 is 47.7 Å². The fourth-order valence-electron chi connectivity index (χ4n) is 4.10. The van der Waals surface area contributed by atoms with Crippen LogP contribution in [-0.2, 0) is 32.0 Å². The molecule has 3 unspecified atom stereocenters. The molecule has 0 aliphatic heterocycles. The molecular formula is C27H33N5O6. The molecule has 2 aromatic carbocycles. The molecule has 1 heterocycles. The molecule has 3 aromatic rings. The zero-order chi connectivity index (χ0) is 27.8. The normalized spacial score (nSPS) is 13.5. The van der Waals surface area contributed by atoms with Crippen molar-refractivity contribution >= 4 is 34.6 Å². The highest BCUT2D eigenvalue weighted by Gasteiger charge is 2.31. The van der Waals surface area contributed by atoms with Gasteiger partial charge in [-0.05, 0) is 35.2 Å². The molecule has 0 radical (unpaired) electrons. The first-order chi connectivity index (χ1) is 18.1. The zero-order valence-corrected chi connectivity index (χ0v) is 21.2. The van der Waals surface area contributed by atoms with E-state index in [0.717, 1.165) is 16.5 Å². The molecule has 202 valence electrons. The third kappa shape index (κ3) is 7.32. The number of nitrogens with one attached hydrogen (secondary N) is 4. The van der Waals surface area contributed by atoms with Gasteiger partial charge in [0, 0.05) is 29.9 Å². The maximum atomic E-state index is 13.5. The number of carboxylic acids is 1. The summed E-state index contributed by atoms with van der Waals surface area (Å²) in [6.45, 7) is 2.99. The number of aromatic nitrogens is 1. The van der Waals surface area contributed by atoms with Gasteiger partial charge in [0.05, 0.1) is 6.54 Å². The second kappa shape index (κ2) is 12.7. The van der Waals surface area contributed by atoms with Crippen molar-refractivity contribution in [1.82, 2.24) is 20.9 Å². The lowest BCUT2D eigenvalue weighted by atomic mass is 10.0. The number of nitrogens with two attached hydrogens (primary N) is 1. The molecule has 0 aliphatic rings. The fourth-order valence-corrected chi connectivity index (χ4v) is 4.10. The molecule has 0 spiro atoms. The number of carbonyl (C=O) groups is 4. The van der Waals surface area contributed by atoms with Crippen LogP contribution in [0.1, 0.15) is 25.0 Å². The van der Waals surface area contributed by atoms with Crippen LogP contribution in [0.25, 0.3) is 10.9 Å². The molecule has 1 aromatic heterocycles. The van der Waals surface area contributed by atoms with Gasteiger partial charge < -0.3 is 36.9 Å². The molecule has 8 N–H and O–H groups in total. The van der Waals surface area contributed by atoms with E-state index in [4.69, 9.17) is 5.73 Å². The number of H-pyrrole nitrogens is 1. The van der Waals surface area contributed by atoms with Crippen LogP contribution in [0.5, 0.6) is 5.75 Å². The standard InChI is InChI=1S/C27H33N5O6/c1-15(2)24(27(37)38)32-26(36)21(11-16-7-9-18(33)10-8-16)31-25(35)22(30-23(34)13-28)12-17-14-29-20-6-4-3-5-19(17)20/h3-10,14-15,21-22,24,29,33H,11-13,28H2,1-2H3,(H,30,34)(H,31,35)(H,32,36)(H,37,38). The largest absolute Gasteiger partial charge is 0.508 e. The van der Waals surface area contributed by atoms with Crippen molar-refractivity contribution in [2.45, 2.75) is 44.8 Å². The summed E-state index contributed by atoms with van der Waals surface area (Å²) in [5, 5.41) is 27.8. The Labute approximate surface area is 219 Å². The Hall–Kier alpha value is -4.38. The van der Waals surface area contributed by atoms with Gasteiger partial charge in [-0.3, -0.25) is 14.4 Å². The average molecular weight is 524 g/mol. The van der Waals surface area contributed by atoms with E-state index in [2.05, 4.69) is 20.9 Å². The maximum Gasteiger partial charge on any atom is 0.326 e. The number of amides is 3. The average Bonchev–Trinajstić information content (AvgIpc) is 3.29. The lowest BCUT2D eigenvalue weighted by Gasteiger charge is -2.25. The Bertz CT molecular complexity index is 1290. The second-order valence-electron chi connectivity index (χ2n) is 9.39. The second-order valence-corrected chi connectivity index (χ2v) is 9.39. The van der Waals surface area contributed by atoms with E-state index in [1.807, 2.05) is 24.3 Å². The maximum absolute atomic E-state index is 13.5. The Morgan fingerprint density at radius 1 is 0.895 bits per heavy atom. The van der Waals surface area contributed by atoms with Gasteiger partial charge >= 0.3 is 5.97 Å². The van der Waals surface area contributed by atoms with Crippen LogP contribution in [0.4, 0.5) is 0 Å². The first-order valence-corrected chi connectivity index (χ1v) is 12.2. The van der Waals surface area contributed by atoms with Gasteiger partial charge in [0.15, 0.2) is 0 Å². The molecule has 11 nitrogen and oxygen atoms in total. The van der Waals surface area contributed by atoms with Crippen LogP contribution in [0.3, 0.4) is 0 Å². The van der Waals surface area contributed by atoms with Crippen molar-refractivity contribution in [3.8, 4) is 5.75 Å². The molecule has 11 heteroatoms. The van der Waals surface area contributed by atoms with Gasteiger partial charge in [-0.25, -0.2) is 4.79 Å². The Morgan fingerprint density at radius 2 is 1.53 bits per heavy atom. The number of para-hydroxylation sites is 1. The molecule has 0 saturated heterocycles. The van der Waals surface area contributed by atoms with E-state index in [0.29, 0.717) is 5.56 Å². The van der Waals surface area contributed by atoms with E-state index in [-0.39, 0.29) is 25.1 Å². The van der Waals surface area contributed by atoms with Crippen LogP contribution in [-0.4, -0.2) is 63.6 Å². The first kappa shape index (κ1) is 28.2. The number of phenolic OH excluding ortho intramolecular Hbond substituents is 1. The number of hydrogen-bond acceptors (Lipinski definition) is 6. The molecule has 0 fully saturated rings. The van der Waals surface area contributed by atoms with Gasteiger partial charge in [-0.15, -0.1) is 0 Å². The number of hydrogen-bond donors (Lipinski definition) is 7. The summed E-state index contributed by atoms with van der Waals surface area (Å²) in [5.74, 6) is -3.44. The van der Waals surface area contributed by atoms with Crippen LogP contribution in [0.15, 0.2) is 54.7 Å². The predicted octanol–water partition coefficient (Wildman–Crippen LogP) is 0.812. The van der Waals surface area contributed by atoms with Gasteiger partial charge in [0.25, 0.3) is 0 Å². The lowest BCUT2D eigenvalue weighted by molar-refractivity contribution is -0.143. The van der Waals surface area contributed by atoms with Crippen LogP contribution in [0, 0.1) is 5.92 Å². The van der Waals surface area contributed by atoms with E-state index >= 15 is 0 Å². The molecule has 3 amide bonds. The molecule has 3 atom stereocenters. The minimum atomic E-state index is -1.20. The van der Waals surface area contributed by atoms with Gasteiger partial charge in [-0.1, -0.05) is 44.2 Å². The van der Waals surface area contributed by atoms with Crippen molar-refractivity contribution in [3.05, 3.63) is 65.9 Å². The zero-order valence-electron chi connectivity index (χ0n) is 21.2. The van der Waals surface area contributed by atoms with E-state index in [1.54, 1.807) is 32.2 Å². The number of aliphatic carboxylic acids is 1. The highest BCUT2D eigenvalue weighted by Crippen LogP contribution is 2.19. The predicted molar refractivity (Wildman–Crippen MR) is 141 cm³/mol. The first-order valence-electron chi connectivity index (χ1n) is 12.2. The van der Waals surface area contributed by atoms with Crippen molar-refractivity contribution < 1.29 is 29.4 Å². The smallest absolute Gasteiger partial charge is 0.326 e. The van der Waals surface area contributed by atoms with Gasteiger partial charge in [-0.2, -0.15) is 0 Å². The SMILES string of the molecule is CC(C)C(NC(=O)C(Cc1ccc(O)cc1)NC(=O)C(Cc1c[nH]c2ccccc12)NC(=O)CN)C(=O)O. The van der Waals surface area contributed by atoms with Gasteiger partial charge in [0.2, 0.25) is 17.7 Å². The fraction of sp³-hybridized carbons (Fsp3) is 0.333. The number of aromatic amines is 1. The van der Waals surface area contributed by atoms with Crippen LogP contribution >= 0.6 is 0 Å². The summed E-state index contributed by atoms with van der Waals surface area (Å²) in [4.78, 5) is 53.6. The third-order valence-electron chi connectivity index (χ3n) is 6.18. The molecule has 0 aliphatic carbocycles. The topological polar surface area (TPSA) is 187 Å². The Balaban J connectivity index is 1.87. The third-order valence-corrected chi connectivity index (χ3v) is 6.18. The number of benzene rings is 2. The summed E-state index contributed by atoms with van der Waals surface area (Å²) in [6.07, 6.45) is 1.89. The molecule has 38 heavy (non-hydrogen) atoms. The summed E-state index contributed by atoms with van der Waals surface area (Å²) in [6, 6.07) is 10.2. The van der Waals surface area contributed by atoms with Crippen molar-refractivity contribution in [2.24, 2.45) is 11.7 Å². The molecule has 0 bridgehead atoms.